The van der Waals surface area contributed by atoms with Gasteiger partial charge in [-0.1, -0.05) is 6.07 Å². The largest absolute Gasteiger partial charge is 0.340 e. The summed E-state index contributed by atoms with van der Waals surface area (Å²) in [6, 6.07) is 11.3. The Morgan fingerprint density at radius 2 is 1.92 bits per heavy atom. The molecule has 0 aliphatic heterocycles. The number of aromatic amines is 1. The third-order valence-electron chi connectivity index (χ3n) is 3.50. The number of anilines is 3. The number of aromatic nitrogens is 4. The van der Waals surface area contributed by atoms with Crippen molar-refractivity contribution in [1.29, 1.82) is 0 Å². The molecule has 25 heavy (non-hydrogen) atoms. The summed E-state index contributed by atoms with van der Waals surface area (Å²) in [5.41, 5.74) is 2.94. The molecule has 3 aromatic heterocycles. The lowest BCUT2D eigenvalue weighted by molar-refractivity contribution is -0.114. The molecule has 0 bridgehead atoms. The fourth-order valence-electron chi connectivity index (χ4n) is 2.42. The molecule has 0 spiro atoms. The fraction of sp³-hybridized carbons (Fsp3) is 0.0588. The SMILES string of the molecule is CC(=O)Nc1ccc(Nc2nc(-c3cccs3)nc3nc[nH]c23)cc1. The summed E-state index contributed by atoms with van der Waals surface area (Å²) in [5.74, 6) is 1.18. The van der Waals surface area contributed by atoms with Crippen molar-refractivity contribution in [1.82, 2.24) is 19.9 Å². The van der Waals surface area contributed by atoms with Crippen LogP contribution in [0, 0.1) is 0 Å². The van der Waals surface area contributed by atoms with E-state index in [1.165, 1.54) is 6.92 Å². The lowest BCUT2D eigenvalue weighted by Gasteiger charge is -2.09. The number of thiophene rings is 1. The maximum absolute atomic E-state index is 11.1. The van der Waals surface area contributed by atoms with Crippen LogP contribution in [0.4, 0.5) is 17.2 Å². The normalized spacial score (nSPS) is 10.8. The van der Waals surface area contributed by atoms with Crippen molar-refractivity contribution in [2.75, 3.05) is 10.6 Å². The maximum atomic E-state index is 11.1. The van der Waals surface area contributed by atoms with Gasteiger partial charge in [0.1, 0.15) is 5.52 Å². The Hall–Kier alpha value is -3.26. The monoisotopic (exact) mass is 350 g/mol. The number of fused-ring (bicyclic) bond motifs is 1. The lowest BCUT2D eigenvalue weighted by atomic mass is 10.2. The van der Waals surface area contributed by atoms with Crippen molar-refractivity contribution >= 4 is 45.6 Å². The van der Waals surface area contributed by atoms with Gasteiger partial charge in [0.05, 0.1) is 11.2 Å². The first kappa shape index (κ1) is 15.3. The first-order valence-electron chi connectivity index (χ1n) is 7.59. The highest BCUT2D eigenvalue weighted by Gasteiger charge is 2.12. The zero-order chi connectivity index (χ0) is 17.2. The predicted molar refractivity (Wildman–Crippen MR) is 99.0 cm³/mol. The Kier molecular flexibility index (Phi) is 3.87. The Morgan fingerprint density at radius 1 is 1.12 bits per heavy atom. The van der Waals surface area contributed by atoms with Crippen LogP contribution in [-0.4, -0.2) is 25.8 Å². The van der Waals surface area contributed by atoms with Crippen LogP contribution in [0.2, 0.25) is 0 Å². The van der Waals surface area contributed by atoms with Gasteiger partial charge >= 0.3 is 0 Å². The molecule has 3 N–H and O–H groups in total. The molecular formula is C17H14N6OS. The molecular weight excluding hydrogens is 336 g/mol. The molecule has 1 aromatic carbocycles. The van der Waals surface area contributed by atoms with Gasteiger partial charge in [-0.2, -0.15) is 0 Å². The van der Waals surface area contributed by atoms with Gasteiger partial charge in [0.25, 0.3) is 0 Å². The highest BCUT2D eigenvalue weighted by Crippen LogP contribution is 2.28. The first-order valence-corrected chi connectivity index (χ1v) is 8.47. The Balaban J connectivity index is 1.68. The average Bonchev–Trinajstić information content (AvgIpc) is 3.27. The number of hydrogen-bond acceptors (Lipinski definition) is 6. The number of amides is 1. The number of benzene rings is 1. The van der Waals surface area contributed by atoms with Gasteiger partial charge in [0.15, 0.2) is 17.3 Å². The van der Waals surface area contributed by atoms with Gasteiger partial charge in [-0.15, -0.1) is 11.3 Å². The first-order chi connectivity index (χ1) is 12.2. The van der Waals surface area contributed by atoms with E-state index in [-0.39, 0.29) is 5.91 Å². The van der Waals surface area contributed by atoms with Gasteiger partial charge in [0, 0.05) is 18.3 Å². The van der Waals surface area contributed by atoms with E-state index in [0.717, 1.165) is 21.8 Å². The fourth-order valence-corrected chi connectivity index (χ4v) is 3.07. The second-order valence-electron chi connectivity index (χ2n) is 5.36. The molecule has 3 heterocycles. The molecule has 7 nitrogen and oxygen atoms in total. The van der Waals surface area contributed by atoms with E-state index >= 15 is 0 Å². The number of imidazole rings is 1. The molecule has 4 aromatic rings. The van der Waals surface area contributed by atoms with Crippen LogP contribution in [0.5, 0.6) is 0 Å². The molecule has 0 saturated carbocycles. The van der Waals surface area contributed by atoms with E-state index in [2.05, 4.69) is 30.6 Å². The summed E-state index contributed by atoms with van der Waals surface area (Å²) in [6.07, 6.45) is 1.60. The maximum Gasteiger partial charge on any atom is 0.221 e. The minimum atomic E-state index is -0.101. The van der Waals surface area contributed by atoms with Crippen LogP contribution >= 0.6 is 11.3 Å². The summed E-state index contributed by atoms with van der Waals surface area (Å²) < 4.78 is 0. The molecule has 0 unspecified atom stereocenters. The van der Waals surface area contributed by atoms with Gasteiger partial charge in [-0.3, -0.25) is 4.79 Å². The second-order valence-corrected chi connectivity index (χ2v) is 6.31. The molecule has 4 rings (SSSR count). The lowest BCUT2D eigenvalue weighted by Crippen LogP contribution is -2.05. The zero-order valence-corrected chi connectivity index (χ0v) is 14.1. The molecule has 8 heteroatoms. The van der Waals surface area contributed by atoms with E-state index in [1.54, 1.807) is 17.7 Å². The number of nitrogens with one attached hydrogen (secondary N) is 3. The number of H-pyrrole nitrogens is 1. The third-order valence-corrected chi connectivity index (χ3v) is 4.36. The van der Waals surface area contributed by atoms with Crippen LogP contribution in [-0.2, 0) is 4.79 Å². The average molecular weight is 350 g/mol. The van der Waals surface area contributed by atoms with Crippen molar-refractivity contribution < 1.29 is 4.79 Å². The molecule has 0 aliphatic rings. The quantitative estimate of drug-likeness (QED) is 0.520. The Bertz CT molecular complexity index is 1020. The molecule has 124 valence electrons. The van der Waals surface area contributed by atoms with Crippen LogP contribution in [0.15, 0.2) is 48.1 Å². The predicted octanol–water partition coefficient (Wildman–Crippen LogP) is 3.78. The number of carbonyl (C=O) groups excluding carboxylic acids is 1. The topological polar surface area (TPSA) is 95.6 Å². The van der Waals surface area contributed by atoms with E-state index in [0.29, 0.717) is 17.3 Å². The van der Waals surface area contributed by atoms with Crippen molar-refractivity contribution in [3.63, 3.8) is 0 Å². The summed E-state index contributed by atoms with van der Waals surface area (Å²) >= 11 is 1.58. The van der Waals surface area contributed by atoms with Crippen LogP contribution in [0.1, 0.15) is 6.92 Å². The smallest absolute Gasteiger partial charge is 0.221 e. The van der Waals surface area contributed by atoms with Crippen molar-refractivity contribution in [3.05, 3.63) is 48.1 Å². The minimum absolute atomic E-state index is 0.101. The number of carbonyl (C=O) groups is 1. The van der Waals surface area contributed by atoms with Gasteiger partial charge in [-0.05, 0) is 35.7 Å². The van der Waals surface area contributed by atoms with Crippen LogP contribution < -0.4 is 10.6 Å². The number of rotatable bonds is 4. The molecule has 0 radical (unpaired) electrons. The molecule has 1 amide bonds. The molecule has 0 aliphatic carbocycles. The van der Waals surface area contributed by atoms with Crippen molar-refractivity contribution in [3.8, 4) is 10.7 Å². The summed E-state index contributed by atoms with van der Waals surface area (Å²) in [6.45, 7) is 1.48. The van der Waals surface area contributed by atoms with E-state index in [9.17, 15) is 4.79 Å². The van der Waals surface area contributed by atoms with Gasteiger partial charge in [-0.25, -0.2) is 15.0 Å². The molecule has 0 saturated heterocycles. The number of nitrogens with zero attached hydrogens (tertiary/aromatic N) is 3. The Morgan fingerprint density at radius 3 is 2.64 bits per heavy atom. The summed E-state index contributed by atoms with van der Waals surface area (Å²) in [5, 5.41) is 8.01. The highest BCUT2D eigenvalue weighted by atomic mass is 32.1. The third kappa shape index (κ3) is 3.20. The van der Waals surface area contributed by atoms with E-state index in [1.807, 2.05) is 41.8 Å². The minimum Gasteiger partial charge on any atom is -0.340 e. The standard InChI is InChI=1S/C17H14N6OS/c1-10(24)20-11-4-6-12(7-5-11)21-17-14-16(19-9-18-14)22-15(23-17)13-3-2-8-25-13/h2-9H,1H3,(H,20,24)(H2,18,19,21,22,23). The zero-order valence-electron chi connectivity index (χ0n) is 13.3. The van der Waals surface area contributed by atoms with Crippen molar-refractivity contribution in [2.24, 2.45) is 0 Å². The molecule has 0 atom stereocenters. The van der Waals surface area contributed by atoms with Gasteiger partial charge < -0.3 is 15.6 Å². The Labute approximate surface area is 147 Å². The summed E-state index contributed by atoms with van der Waals surface area (Å²) in [7, 11) is 0. The van der Waals surface area contributed by atoms with Crippen LogP contribution in [0.25, 0.3) is 21.9 Å². The van der Waals surface area contributed by atoms with Gasteiger partial charge in [0.2, 0.25) is 5.91 Å². The highest BCUT2D eigenvalue weighted by molar-refractivity contribution is 7.13. The molecule has 0 fully saturated rings. The van der Waals surface area contributed by atoms with Crippen molar-refractivity contribution in [2.45, 2.75) is 6.92 Å². The van der Waals surface area contributed by atoms with E-state index < -0.39 is 0 Å². The van der Waals surface area contributed by atoms with Crippen LogP contribution in [0.3, 0.4) is 0 Å². The second kappa shape index (κ2) is 6.33. The van der Waals surface area contributed by atoms with E-state index in [4.69, 9.17) is 0 Å². The summed E-state index contributed by atoms with van der Waals surface area (Å²) in [4.78, 5) is 28.5. The number of hydrogen-bond donors (Lipinski definition) is 3.